The molecule has 2 atom stereocenters. The number of hydrogen-bond acceptors (Lipinski definition) is 3. The molecule has 1 aliphatic rings. The number of carboxylic acids is 1. The SMILES string of the molecule is C/C=C\c1cc(C2CCC(C)(C(=O)O)C2)ccc1/C=C/CC.COC(=O)C(C)C. The van der Waals surface area contributed by atoms with Crippen molar-refractivity contribution in [2.24, 2.45) is 11.3 Å². The zero-order valence-corrected chi connectivity index (χ0v) is 18.7. The summed E-state index contributed by atoms with van der Waals surface area (Å²) in [5, 5.41) is 9.40. The van der Waals surface area contributed by atoms with Crippen LogP contribution in [-0.4, -0.2) is 24.2 Å². The van der Waals surface area contributed by atoms with Gasteiger partial charge in [-0.05, 0) is 62.1 Å². The third-order valence-electron chi connectivity index (χ3n) is 5.39. The fourth-order valence-electron chi connectivity index (χ4n) is 3.52. The van der Waals surface area contributed by atoms with Crippen LogP contribution in [0.2, 0.25) is 0 Å². The van der Waals surface area contributed by atoms with Gasteiger partial charge in [0.2, 0.25) is 0 Å². The van der Waals surface area contributed by atoms with Crippen molar-refractivity contribution >= 4 is 24.1 Å². The average molecular weight is 401 g/mol. The highest BCUT2D eigenvalue weighted by atomic mass is 16.5. The predicted molar refractivity (Wildman–Crippen MR) is 120 cm³/mol. The van der Waals surface area contributed by atoms with E-state index in [1.165, 1.54) is 23.8 Å². The molecule has 2 rings (SSSR count). The molecule has 0 bridgehead atoms. The lowest BCUT2D eigenvalue weighted by Gasteiger charge is -2.18. The average Bonchev–Trinajstić information content (AvgIpc) is 3.10. The molecule has 0 heterocycles. The molecular weight excluding hydrogens is 364 g/mol. The van der Waals surface area contributed by atoms with Crippen LogP contribution in [0.1, 0.15) is 82.9 Å². The van der Waals surface area contributed by atoms with E-state index in [4.69, 9.17) is 0 Å². The zero-order chi connectivity index (χ0) is 22.0. The lowest BCUT2D eigenvalue weighted by molar-refractivity contribution is -0.147. The molecule has 1 saturated carbocycles. The van der Waals surface area contributed by atoms with E-state index in [0.717, 1.165) is 25.7 Å². The highest BCUT2D eigenvalue weighted by Gasteiger charge is 2.41. The fraction of sp³-hybridized carbons (Fsp3) is 0.520. The number of ether oxygens (including phenoxy) is 1. The van der Waals surface area contributed by atoms with E-state index in [-0.39, 0.29) is 11.9 Å². The predicted octanol–water partition coefficient (Wildman–Crippen LogP) is 6.32. The first-order valence-electron chi connectivity index (χ1n) is 10.4. The van der Waals surface area contributed by atoms with E-state index in [0.29, 0.717) is 5.92 Å². The van der Waals surface area contributed by atoms with Gasteiger partial charge in [-0.15, -0.1) is 0 Å². The highest BCUT2D eigenvalue weighted by Crippen LogP contribution is 2.46. The molecule has 1 aromatic rings. The topological polar surface area (TPSA) is 63.6 Å². The minimum atomic E-state index is -0.661. The number of rotatable bonds is 6. The van der Waals surface area contributed by atoms with Crippen molar-refractivity contribution in [3.05, 3.63) is 47.0 Å². The van der Waals surface area contributed by atoms with Crippen LogP contribution in [0.4, 0.5) is 0 Å². The zero-order valence-electron chi connectivity index (χ0n) is 18.7. The van der Waals surface area contributed by atoms with Crippen LogP contribution in [0, 0.1) is 11.3 Å². The molecule has 29 heavy (non-hydrogen) atoms. The second-order valence-electron chi connectivity index (χ2n) is 8.18. The van der Waals surface area contributed by atoms with Crippen LogP contribution in [-0.2, 0) is 14.3 Å². The first kappa shape index (κ1) is 24.7. The van der Waals surface area contributed by atoms with Gasteiger partial charge in [-0.2, -0.15) is 0 Å². The lowest BCUT2D eigenvalue weighted by atomic mass is 9.86. The number of allylic oxidation sites excluding steroid dienone is 2. The van der Waals surface area contributed by atoms with Crippen molar-refractivity contribution < 1.29 is 19.4 Å². The Balaban J connectivity index is 0.000000516. The summed E-state index contributed by atoms with van der Waals surface area (Å²) < 4.78 is 4.37. The molecule has 4 heteroatoms. The highest BCUT2D eigenvalue weighted by molar-refractivity contribution is 5.75. The number of esters is 1. The van der Waals surface area contributed by atoms with Crippen molar-refractivity contribution in [1.29, 1.82) is 0 Å². The quantitative estimate of drug-likeness (QED) is 0.568. The molecule has 0 radical (unpaired) electrons. The molecule has 1 fully saturated rings. The van der Waals surface area contributed by atoms with Gasteiger partial charge in [0, 0.05) is 0 Å². The van der Waals surface area contributed by atoms with E-state index >= 15 is 0 Å². The van der Waals surface area contributed by atoms with E-state index in [1.54, 1.807) is 13.8 Å². The number of carbonyl (C=O) groups is 2. The summed E-state index contributed by atoms with van der Waals surface area (Å²) in [6.07, 6.45) is 12.0. The van der Waals surface area contributed by atoms with Crippen LogP contribution >= 0.6 is 0 Å². The number of methoxy groups -OCH3 is 1. The van der Waals surface area contributed by atoms with E-state index < -0.39 is 11.4 Å². The number of carboxylic acid groups (broad SMARTS) is 1. The smallest absolute Gasteiger partial charge is 0.309 e. The van der Waals surface area contributed by atoms with Crippen molar-refractivity contribution in [2.45, 2.75) is 66.2 Å². The number of hydrogen-bond donors (Lipinski definition) is 1. The van der Waals surface area contributed by atoms with E-state index in [2.05, 4.69) is 54.2 Å². The minimum absolute atomic E-state index is 0.00463. The van der Waals surface area contributed by atoms with Crippen molar-refractivity contribution in [2.75, 3.05) is 7.11 Å². The maximum Gasteiger partial charge on any atom is 0.309 e. The Kier molecular flexibility index (Phi) is 9.87. The van der Waals surface area contributed by atoms with Crippen LogP contribution in [0.15, 0.2) is 30.4 Å². The van der Waals surface area contributed by atoms with Crippen LogP contribution in [0.5, 0.6) is 0 Å². The molecule has 0 aromatic heterocycles. The second-order valence-corrected chi connectivity index (χ2v) is 8.18. The van der Waals surface area contributed by atoms with Crippen LogP contribution in [0.25, 0.3) is 12.2 Å². The maximum absolute atomic E-state index is 11.4. The summed E-state index contributed by atoms with van der Waals surface area (Å²) in [5.74, 6) is -0.453. The largest absolute Gasteiger partial charge is 0.481 e. The van der Waals surface area contributed by atoms with Gasteiger partial charge >= 0.3 is 11.9 Å². The Labute approximate surface area is 175 Å². The van der Waals surface area contributed by atoms with Gasteiger partial charge in [0.15, 0.2) is 0 Å². The standard InChI is InChI=1S/C20H26O2.C5H10O2/c1-4-6-8-15-9-10-17(13-16(15)7-5-2)18-11-12-20(3,14-18)19(21)22;1-4(2)5(6)7-3/h5-10,13,18H,4,11-12,14H2,1-3H3,(H,21,22);4H,1-3H3/b7-5-,8-6+;. The van der Waals surface area contributed by atoms with Gasteiger partial charge in [0.1, 0.15) is 0 Å². The molecule has 2 unspecified atom stereocenters. The summed E-state index contributed by atoms with van der Waals surface area (Å²) in [5.41, 5.74) is 3.15. The molecule has 0 spiro atoms. The molecule has 0 amide bonds. The Morgan fingerprint density at radius 3 is 2.41 bits per heavy atom. The Morgan fingerprint density at radius 1 is 1.28 bits per heavy atom. The molecule has 0 saturated heterocycles. The summed E-state index contributed by atoms with van der Waals surface area (Å²) in [6, 6.07) is 6.56. The third kappa shape index (κ3) is 7.19. The van der Waals surface area contributed by atoms with Gasteiger partial charge in [-0.25, -0.2) is 0 Å². The van der Waals surface area contributed by atoms with Gasteiger partial charge < -0.3 is 9.84 Å². The normalized spacial score (nSPS) is 21.4. The molecule has 1 aliphatic carbocycles. The first-order valence-corrected chi connectivity index (χ1v) is 10.4. The lowest BCUT2D eigenvalue weighted by Crippen LogP contribution is -2.23. The maximum atomic E-state index is 11.4. The number of carbonyl (C=O) groups excluding carboxylic acids is 1. The molecule has 160 valence electrons. The number of aliphatic carboxylic acids is 1. The minimum Gasteiger partial charge on any atom is -0.481 e. The molecule has 0 aliphatic heterocycles. The van der Waals surface area contributed by atoms with Crippen LogP contribution in [0.3, 0.4) is 0 Å². The summed E-state index contributed by atoms with van der Waals surface area (Å²) in [6.45, 7) is 9.63. The van der Waals surface area contributed by atoms with Crippen molar-refractivity contribution in [1.82, 2.24) is 0 Å². The van der Waals surface area contributed by atoms with E-state index in [1.807, 2.05) is 13.8 Å². The van der Waals surface area contributed by atoms with Crippen molar-refractivity contribution in [3.63, 3.8) is 0 Å². The van der Waals surface area contributed by atoms with Gasteiger partial charge in [-0.3, -0.25) is 9.59 Å². The fourth-order valence-corrected chi connectivity index (χ4v) is 3.52. The Bertz CT molecular complexity index is 745. The molecule has 1 N–H and O–H groups in total. The second kappa shape index (κ2) is 11.6. The first-order chi connectivity index (χ1) is 13.7. The van der Waals surface area contributed by atoms with Gasteiger partial charge in [0.25, 0.3) is 0 Å². The van der Waals surface area contributed by atoms with Crippen molar-refractivity contribution in [3.8, 4) is 0 Å². The van der Waals surface area contributed by atoms with Gasteiger partial charge in [0.05, 0.1) is 18.4 Å². The number of benzene rings is 1. The molecule has 1 aromatic carbocycles. The molecular formula is C25H36O4. The summed E-state index contributed by atoms with van der Waals surface area (Å²) >= 11 is 0. The van der Waals surface area contributed by atoms with E-state index in [9.17, 15) is 14.7 Å². The van der Waals surface area contributed by atoms with Crippen LogP contribution < -0.4 is 0 Å². The summed E-state index contributed by atoms with van der Waals surface area (Å²) in [4.78, 5) is 21.7. The van der Waals surface area contributed by atoms with Gasteiger partial charge in [-0.1, -0.05) is 63.3 Å². The summed E-state index contributed by atoms with van der Waals surface area (Å²) in [7, 11) is 1.39. The third-order valence-corrected chi connectivity index (χ3v) is 5.39. The molecule has 4 nitrogen and oxygen atoms in total. The Morgan fingerprint density at radius 2 is 1.97 bits per heavy atom. The Hall–Kier alpha value is -2.36. The monoisotopic (exact) mass is 400 g/mol.